The van der Waals surface area contributed by atoms with E-state index in [2.05, 4.69) is 9.72 Å². The zero-order valence-electron chi connectivity index (χ0n) is 10.4. The van der Waals surface area contributed by atoms with Gasteiger partial charge >= 0.3 is 11.7 Å². The van der Waals surface area contributed by atoms with E-state index in [4.69, 9.17) is 0 Å². The van der Waals surface area contributed by atoms with Gasteiger partial charge in [0.2, 0.25) is 0 Å². The Morgan fingerprint density at radius 3 is 2.83 bits per heavy atom. The van der Waals surface area contributed by atoms with Gasteiger partial charge in [-0.1, -0.05) is 18.7 Å². The number of nitrogens with zero attached hydrogens (tertiary/aromatic N) is 2. The number of hydrogen-bond donors (Lipinski definition) is 0. The highest BCUT2D eigenvalue weighted by Crippen LogP contribution is 2.28. The number of carbonyl (C=O) groups excluding carboxylic acids is 1. The van der Waals surface area contributed by atoms with Crippen LogP contribution in [-0.2, 0) is 9.53 Å². The van der Waals surface area contributed by atoms with Gasteiger partial charge in [-0.3, -0.25) is 14.9 Å². The summed E-state index contributed by atoms with van der Waals surface area (Å²) in [6, 6.07) is 3.01. The van der Waals surface area contributed by atoms with Crippen molar-refractivity contribution >= 4 is 23.4 Å². The molecular weight excluding hydrogens is 256 g/mol. The first-order valence-electron chi connectivity index (χ1n) is 5.28. The number of aryl methyl sites for hydroxylation is 1. The maximum atomic E-state index is 11.2. The number of nitro groups is 1. The van der Waals surface area contributed by atoms with Gasteiger partial charge in [-0.25, -0.2) is 4.98 Å². The van der Waals surface area contributed by atoms with Gasteiger partial charge in [-0.15, -0.1) is 0 Å². The van der Waals surface area contributed by atoms with E-state index >= 15 is 0 Å². The van der Waals surface area contributed by atoms with Crippen LogP contribution in [0.2, 0.25) is 0 Å². The van der Waals surface area contributed by atoms with Crippen LogP contribution in [0.5, 0.6) is 0 Å². The molecular formula is C11H14N2O4S. The zero-order valence-corrected chi connectivity index (χ0v) is 11.2. The largest absolute Gasteiger partial charge is 0.469 e. The lowest BCUT2D eigenvalue weighted by Crippen LogP contribution is -2.15. The van der Waals surface area contributed by atoms with Gasteiger partial charge in [0, 0.05) is 17.5 Å². The Balaban J connectivity index is 2.80. The van der Waals surface area contributed by atoms with Crippen LogP contribution in [0.4, 0.5) is 5.69 Å². The van der Waals surface area contributed by atoms with Crippen molar-refractivity contribution in [2.24, 2.45) is 5.92 Å². The van der Waals surface area contributed by atoms with Crippen LogP contribution in [-0.4, -0.2) is 28.7 Å². The lowest BCUT2D eigenvalue weighted by Gasteiger charge is -2.08. The molecule has 0 radical (unpaired) electrons. The van der Waals surface area contributed by atoms with Crippen LogP contribution in [0.3, 0.4) is 0 Å². The maximum absolute atomic E-state index is 11.2. The summed E-state index contributed by atoms with van der Waals surface area (Å²) in [5.74, 6) is -0.274. The Hall–Kier alpha value is -1.63. The molecule has 7 heteroatoms. The van der Waals surface area contributed by atoms with Crippen LogP contribution in [0.25, 0.3) is 0 Å². The smallest absolute Gasteiger partial charge is 0.309 e. The van der Waals surface area contributed by atoms with Crippen LogP contribution in [0, 0.1) is 23.0 Å². The molecule has 0 fully saturated rings. The second-order valence-corrected chi connectivity index (χ2v) is 4.78. The molecule has 0 aliphatic heterocycles. The predicted molar refractivity (Wildman–Crippen MR) is 67.5 cm³/mol. The molecule has 1 rings (SSSR count). The third-order valence-electron chi connectivity index (χ3n) is 2.25. The van der Waals surface area contributed by atoms with E-state index in [9.17, 15) is 14.9 Å². The summed E-state index contributed by atoms with van der Waals surface area (Å²) in [5.41, 5.74) is 0.663. The molecule has 0 N–H and O–H groups in total. The topological polar surface area (TPSA) is 82.3 Å². The highest BCUT2D eigenvalue weighted by atomic mass is 32.2. The minimum absolute atomic E-state index is 0.0392. The van der Waals surface area contributed by atoms with Crippen molar-refractivity contribution in [1.29, 1.82) is 0 Å². The van der Waals surface area contributed by atoms with Crippen LogP contribution >= 0.6 is 11.8 Å². The Bertz CT molecular complexity index is 464. The molecule has 0 bridgehead atoms. The molecule has 1 atom stereocenters. The number of methoxy groups -OCH3 is 1. The highest BCUT2D eigenvalue weighted by Gasteiger charge is 2.19. The Kier molecular flexibility index (Phi) is 5.08. The van der Waals surface area contributed by atoms with Gasteiger partial charge in [0.1, 0.15) is 0 Å². The first-order chi connectivity index (χ1) is 8.45. The number of esters is 1. The maximum Gasteiger partial charge on any atom is 0.309 e. The molecule has 1 aromatic rings. The van der Waals surface area contributed by atoms with E-state index in [0.717, 1.165) is 0 Å². The van der Waals surface area contributed by atoms with E-state index in [1.807, 2.05) is 0 Å². The molecule has 98 valence electrons. The second kappa shape index (κ2) is 6.34. The van der Waals surface area contributed by atoms with Gasteiger partial charge in [-0.2, -0.15) is 0 Å². The molecule has 0 saturated carbocycles. The average Bonchev–Trinajstić information content (AvgIpc) is 2.34. The van der Waals surface area contributed by atoms with Crippen molar-refractivity contribution in [2.45, 2.75) is 18.9 Å². The van der Waals surface area contributed by atoms with Gasteiger partial charge in [0.05, 0.1) is 18.0 Å². The Morgan fingerprint density at radius 2 is 2.28 bits per heavy atom. The van der Waals surface area contributed by atoms with Crippen molar-refractivity contribution in [3.63, 3.8) is 0 Å². The normalized spacial score (nSPS) is 11.9. The third kappa shape index (κ3) is 3.69. The molecule has 0 amide bonds. The van der Waals surface area contributed by atoms with Gasteiger partial charge in [0.15, 0.2) is 5.03 Å². The number of hydrogen-bond acceptors (Lipinski definition) is 6. The number of thioether (sulfide) groups is 1. The lowest BCUT2D eigenvalue weighted by molar-refractivity contribution is -0.388. The SMILES string of the molecule is COC(=O)C(C)CSc1nc(C)ccc1[N+](=O)[O-]. The fourth-order valence-electron chi connectivity index (χ4n) is 1.24. The number of aromatic nitrogens is 1. The zero-order chi connectivity index (χ0) is 13.7. The van der Waals surface area contributed by atoms with Crippen molar-refractivity contribution in [2.75, 3.05) is 12.9 Å². The van der Waals surface area contributed by atoms with Crippen LogP contribution < -0.4 is 0 Å². The molecule has 6 nitrogen and oxygen atoms in total. The van der Waals surface area contributed by atoms with Gasteiger partial charge in [-0.05, 0) is 13.0 Å². The summed E-state index contributed by atoms with van der Waals surface area (Å²) in [4.78, 5) is 25.7. The van der Waals surface area contributed by atoms with Gasteiger partial charge < -0.3 is 4.74 Å². The molecule has 0 aromatic carbocycles. The number of ether oxygens (including phenoxy) is 1. The van der Waals surface area contributed by atoms with E-state index in [0.29, 0.717) is 16.5 Å². The second-order valence-electron chi connectivity index (χ2n) is 3.77. The van der Waals surface area contributed by atoms with E-state index in [1.165, 1.54) is 24.9 Å². The summed E-state index contributed by atoms with van der Waals surface area (Å²) in [7, 11) is 1.32. The fraction of sp³-hybridized carbons (Fsp3) is 0.455. The fourth-order valence-corrected chi connectivity index (χ4v) is 2.29. The summed E-state index contributed by atoms with van der Waals surface area (Å²) in [6.45, 7) is 3.47. The molecule has 0 aliphatic rings. The Morgan fingerprint density at radius 1 is 1.61 bits per heavy atom. The lowest BCUT2D eigenvalue weighted by atomic mass is 10.2. The molecule has 1 aromatic heterocycles. The molecule has 0 spiro atoms. The Labute approximate surface area is 109 Å². The number of rotatable bonds is 5. The van der Waals surface area contributed by atoms with E-state index < -0.39 is 4.92 Å². The number of carbonyl (C=O) groups is 1. The summed E-state index contributed by atoms with van der Waals surface area (Å²) < 4.78 is 4.60. The monoisotopic (exact) mass is 270 g/mol. The minimum Gasteiger partial charge on any atom is -0.469 e. The molecule has 0 saturated heterocycles. The van der Waals surface area contributed by atoms with Crippen LogP contribution in [0.1, 0.15) is 12.6 Å². The average molecular weight is 270 g/mol. The predicted octanol–water partition coefficient (Wildman–Crippen LogP) is 2.20. The highest BCUT2D eigenvalue weighted by molar-refractivity contribution is 7.99. The summed E-state index contributed by atoms with van der Waals surface area (Å²) >= 11 is 1.19. The van der Waals surface area contributed by atoms with Crippen molar-refractivity contribution in [3.8, 4) is 0 Å². The summed E-state index contributed by atoms with van der Waals surface area (Å²) in [6.07, 6.45) is 0. The first kappa shape index (κ1) is 14.4. The molecule has 1 unspecified atom stereocenters. The standard InChI is InChI=1S/C11H14N2O4S/c1-7(11(14)17-3)6-18-10-9(13(15)16)5-4-8(2)12-10/h4-5,7H,6H2,1-3H3. The molecule has 1 heterocycles. The van der Waals surface area contributed by atoms with Crippen molar-refractivity contribution < 1.29 is 14.5 Å². The van der Waals surface area contributed by atoms with Crippen molar-refractivity contribution in [3.05, 3.63) is 27.9 Å². The van der Waals surface area contributed by atoms with Crippen molar-refractivity contribution in [1.82, 2.24) is 4.98 Å². The van der Waals surface area contributed by atoms with E-state index in [-0.39, 0.29) is 17.6 Å². The third-order valence-corrected chi connectivity index (χ3v) is 3.49. The van der Waals surface area contributed by atoms with Crippen LogP contribution in [0.15, 0.2) is 17.2 Å². The quantitative estimate of drug-likeness (QED) is 0.353. The molecule has 18 heavy (non-hydrogen) atoms. The first-order valence-corrected chi connectivity index (χ1v) is 6.27. The summed E-state index contributed by atoms with van der Waals surface area (Å²) in [5, 5.41) is 11.2. The van der Waals surface area contributed by atoms with E-state index in [1.54, 1.807) is 19.9 Å². The molecule has 0 aliphatic carbocycles. The van der Waals surface area contributed by atoms with Gasteiger partial charge in [0.25, 0.3) is 0 Å². The minimum atomic E-state index is -0.475. The number of pyridine rings is 1.